The Labute approximate surface area is 127 Å². The van der Waals surface area contributed by atoms with Crippen molar-refractivity contribution in [1.29, 1.82) is 0 Å². The summed E-state index contributed by atoms with van der Waals surface area (Å²) in [6, 6.07) is -0.0806. The summed E-state index contributed by atoms with van der Waals surface area (Å²) < 4.78 is 0. The van der Waals surface area contributed by atoms with Gasteiger partial charge in [0.05, 0.1) is 13.2 Å². The lowest BCUT2D eigenvalue weighted by Crippen LogP contribution is -2.47. The molecule has 0 bridgehead atoms. The summed E-state index contributed by atoms with van der Waals surface area (Å²) in [4.78, 5) is 25.5. The number of hydrogen-bond acceptors (Lipinski definition) is 4. The number of nitrogens with one attached hydrogen (secondary N) is 2. The third-order valence-corrected chi connectivity index (χ3v) is 3.84. The van der Waals surface area contributed by atoms with E-state index in [1.54, 1.807) is 0 Å². The molecule has 0 saturated heterocycles. The molecule has 0 heterocycles. The Balaban J connectivity index is 2.30. The first kappa shape index (κ1) is 17.9. The Morgan fingerprint density at radius 1 is 1.29 bits per heavy atom. The van der Waals surface area contributed by atoms with Crippen LogP contribution in [0.4, 0.5) is 4.79 Å². The van der Waals surface area contributed by atoms with Crippen molar-refractivity contribution in [2.75, 3.05) is 26.2 Å². The van der Waals surface area contributed by atoms with E-state index in [0.717, 1.165) is 19.3 Å². The maximum atomic E-state index is 11.9. The molecular weight excluding hydrogens is 270 g/mol. The highest BCUT2D eigenvalue weighted by molar-refractivity contribution is 5.95. The molecule has 0 aromatic carbocycles. The Morgan fingerprint density at radius 2 is 1.95 bits per heavy atom. The van der Waals surface area contributed by atoms with Gasteiger partial charge in [-0.2, -0.15) is 0 Å². The van der Waals surface area contributed by atoms with Gasteiger partial charge in [-0.1, -0.05) is 26.7 Å². The second kappa shape index (κ2) is 9.73. The molecule has 3 amide bonds. The topological polar surface area (TPSA) is 81.7 Å². The molecule has 0 aromatic heterocycles. The van der Waals surface area contributed by atoms with Crippen LogP contribution in [-0.4, -0.2) is 54.2 Å². The average Bonchev–Trinajstić information content (AvgIpc) is 2.91. The minimum atomic E-state index is -0.434. The van der Waals surface area contributed by atoms with Gasteiger partial charge in [0, 0.05) is 19.1 Å². The zero-order chi connectivity index (χ0) is 15.7. The lowest BCUT2D eigenvalue weighted by atomic mass is 10.1. The van der Waals surface area contributed by atoms with Gasteiger partial charge in [-0.15, -0.1) is 0 Å². The highest BCUT2D eigenvalue weighted by atomic mass is 16.3. The number of aliphatic hydroxyl groups excluding tert-OH is 1. The van der Waals surface area contributed by atoms with Crippen LogP contribution in [0, 0.1) is 5.92 Å². The Bertz CT molecular complexity index is 328. The van der Waals surface area contributed by atoms with E-state index in [0.29, 0.717) is 25.0 Å². The van der Waals surface area contributed by atoms with Crippen molar-refractivity contribution in [1.82, 2.24) is 15.5 Å². The molecule has 6 nitrogen and oxygen atoms in total. The maximum absolute atomic E-state index is 11.9. The van der Waals surface area contributed by atoms with Crippen LogP contribution in [0.1, 0.15) is 46.0 Å². The highest BCUT2D eigenvalue weighted by Crippen LogP contribution is 2.22. The smallest absolute Gasteiger partial charge is 0.321 e. The zero-order valence-electron chi connectivity index (χ0n) is 13.2. The number of hydrogen-bond donors (Lipinski definition) is 3. The van der Waals surface area contributed by atoms with Gasteiger partial charge < -0.3 is 10.4 Å². The number of urea groups is 1. The number of carbonyl (C=O) groups is 2. The third-order valence-electron chi connectivity index (χ3n) is 3.84. The van der Waals surface area contributed by atoms with Crippen LogP contribution in [0.15, 0.2) is 0 Å². The summed E-state index contributed by atoms with van der Waals surface area (Å²) in [5, 5.41) is 14.1. The molecule has 21 heavy (non-hydrogen) atoms. The molecule has 0 unspecified atom stereocenters. The van der Waals surface area contributed by atoms with E-state index >= 15 is 0 Å². The van der Waals surface area contributed by atoms with Gasteiger partial charge in [0.2, 0.25) is 5.91 Å². The lowest BCUT2D eigenvalue weighted by Gasteiger charge is -2.27. The highest BCUT2D eigenvalue weighted by Gasteiger charge is 2.24. The molecule has 0 aromatic rings. The third kappa shape index (κ3) is 7.43. The van der Waals surface area contributed by atoms with E-state index in [-0.39, 0.29) is 19.1 Å². The average molecular weight is 299 g/mol. The predicted octanol–water partition coefficient (Wildman–Crippen LogP) is 1.10. The fourth-order valence-electron chi connectivity index (χ4n) is 2.66. The number of nitrogens with zero attached hydrogens (tertiary/aromatic N) is 1. The predicted molar refractivity (Wildman–Crippen MR) is 81.9 cm³/mol. The van der Waals surface area contributed by atoms with Crippen LogP contribution in [-0.2, 0) is 4.79 Å². The fourth-order valence-corrected chi connectivity index (χ4v) is 2.66. The van der Waals surface area contributed by atoms with Crippen LogP contribution in [0.5, 0.6) is 0 Å². The first-order chi connectivity index (χ1) is 10.0. The van der Waals surface area contributed by atoms with Crippen molar-refractivity contribution in [3.63, 3.8) is 0 Å². The summed E-state index contributed by atoms with van der Waals surface area (Å²) in [5.41, 5.74) is 0. The van der Waals surface area contributed by atoms with Gasteiger partial charge in [0.25, 0.3) is 0 Å². The second-order valence-electron chi connectivity index (χ2n) is 6.12. The molecule has 1 aliphatic carbocycles. The molecule has 0 aliphatic heterocycles. The zero-order valence-corrected chi connectivity index (χ0v) is 13.2. The van der Waals surface area contributed by atoms with Crippen molar-refractivity contribution < 1.29 is 14.7 Å². The van der Waals surface area contributed by atoms with Crippen molar-refractivity contribution in [3.05, 3.63) is 0 Å². The van der Waals surface area contributed by atoms with Gasteiger partial charge in [-0.05, 0) is 25.2 Å². The molecular formula is C15H29N3O3. The van der Waals surface area contributed by atoms with E-state index < -0.39 is 6.03 Å². The standard InChI is InChI=1S/C15H29N3O3/c1-12(2)7-8-16-15(21)17-14(20)11-18(9-10-19)13-5-3-4-6-13/h12-13,19H,3-11H2,1-2H3,(H2,16,17,20,21). The number of rotatable bonds is 8. The van der Waals surface area contributed by atoms with Crippen LogP contribution in [0.2, 0.25) is 0 Å². The molecule has 0 spiro atoms. The molecule has 0 radical (unpaired) electrons. The van der Waals surface area contributed by atoms with E-state index in [1.807, 2.05) is 4.90 Å². The first-order valence-corrected chi connectivity index (χ1v) is 7.95. The minimum absolute atomic E-state index is 0.0321. The number of imide groups is 1. The normalized spacial score (nSPS) is 15.7. The maximum Gasteiger partial charge on any atom is 0.321 e. The number of aliphatic hydroxyl groups is 1. The second-order valence-corrected chi connectivity index (χ2v) is 6.12. The van der Waals surface area contributed by atoms with E-state index in [9.17, 15) is 9.59 Å². The molecule has 6 heteroatoms. The summed E-state index contributed by atoms with van der Waals surface area (Å²) >= 11 is 0. The monoisotopic (exact) mass is 299 g/mol. The summed E-state index contributed by atoms with van der Waals surface area (Å²) in [6.07, 6.45) is 5.36. The Kier molecular flexibility index (Phi) is 8.30. The van der Waals surface area contributed by atoms with Crippen molar-refractivity contribution >= 4 is 11.9 Å². The Hall–Kier alpha value is -1.14. The minimum Gasteiger partial charge on any atom is -0.395 e. The quantitative estimate of drug-likeness (QED) is 0.627. The largest absolute Gasteiger partial charge is 0.395 e. The van der Waals surface area contributed by atoms with Gasteiger partial charge in [-0.3, -0.25) is 15.0 Å². The van der Waals surface area contributed by atoms with Crippen molar-refractivity contribution in [3.8, 4) is 0 Å². The van der Waals surface area contributed by atoms with Crippen LogP contribution < -0.4 is 10.6 Å². The molecule has 122 valence electrons. The van der Waals surface area contributed by atoms with Gasteiger partial charge in [0.1, 0.15) is 0 Å². The summed E-state index contributed by atoms with van der Waals surface area (Å²) in [5.74, 6) is 0.209. The molecule has 0 atom stereocenters. The SMILES string of the molecule is CC(C)CCNC(=O)NC(=O)CN(CCO)C1CCCC1. The van der Waals surface area contributed by atoms with E-state index in [1.165, 1.54) is 12.8 Å². The van der Waals surface area contributed by atoms with E-state index in [2.05, 4.69) is 24.5 Å². The molecule has 1 saturated carbocycles. The number of amides is 3. The van der Waals surface area contributed by atoms with Gasteiger partial charge in [-0.25, -0.2) is 4.79 Å². The van der Waals surface area contributed by atoms with Gasteiger partial charge >= 0.3 is 6.03 Å². The molecule has 1 rings (SSSR count). The fraction of sp³-hybridized carbons (Fsp3) is 0.867. The molecule has 3 N–H and O–H groups in total. The molecule has 1 aliphatic rings. The van der Waals surface area contributed by atoms with Crippen molar-refractivity contribution in [2.24, 2.45) is 5.92 Å². The van der Waals surface area contributed by atoms with Crippen LogP contribution in [0.25, 0.3) is 0 Å². The van der Waals surface area contributed by atoms with E-state index in [4.69, 9.17) is 5.11 Å². The van der Waals surface area contributed by atoms with Crippen molar-refractivity contribution in [2.45, 2.75) is 52.0 Å². The Morgan fingerprint density at radius 3 is 2.52 bits per heavy atom. The summed E-state index contributed by atoms with van der Waals surface area (Å²) in [7, 11) is 0. The van der Waals surface area contributed by atoms with Crippen LogP contribution in [0.3, 0.4) is 0 Å². The van der Waals surface area contributed by atoms with Crippen LogP contribution >= 0.6 is 0 Å². The first-order valence-electron chi connectivity index (χ1n) is 7.95. The molecule has 1 fully saturated rings. The lowest BCUT2D eigenvalue weighted by molar-refractivity contribution is -0.121. The van der Waals surface area contributed by atoms with Gasteiger partial charge in [0.15, 0.2) is 0 Å². The summed E-state index contributed by atoms with van der Waals surface area (Å²) in [6.45, 7) is 5.41. The number of carbonyl (C=O) groups excluding carboxylic acids is 2.